The van der Waals surface area contributed by atoms with Gasteiger partial charge in [-0.05, 0) is 67.5 Å². The number of carbonyl (C=O) groups is 1. The first-order chi connectivity index (χ1) is 17.4. The average Bonchev–Trinajstić information content (AvgIpc) is 3.55. The van der Waals surface area contributed by atoms with E-state index >= 15 is 0 Å². The van der Waals surface area contributed by atoms with Gasteiger partial charge in [0.1, 0.15) is 5.65 Å². The zero-order chi connectivity index (χ0) is 26.6. The van der Waals surface area contributed by atoms with Crippen LogP contribution in [0.25, 0.3) is 27.7 Å². The molecular formula is C30H43N5O. The second-order valence-electron chi connectivity index (χ2n) is 9.28. The summed E-state index contributed by atoms with van der Waals surface area (Å²) in [5.74, 6) is 1.28. The van der Waals surface area contributed by atoms with Gasteiger partial charge in [-0.25, -0.2) is 9.97 Å². The summed E-state index contributed by atoms with van der Waals surface area (Å²) in [7, 11) is 1.67. The van der Waals surface area contributed by atoms with Gasteiger partial charge in [0.15, 0.2) is 5.65 Å². The summed E-state index contributed by atoms with van der Waals surface area (Å²) in [5, 5.41) is 3.80. The molecule has 0 saturated carbocycles. The summed E-state index contributed by atoms with van der Waals surface area (Å²) >= 11 is 0. The van der Waals surface area contributed by atoms with Crippen molar-refractivity contribution >= 4 is 39.3 Å². The van der Waals surface area contributed by atoms with E-state index in [9.17, 15) is 4.79 Å². The first kappa shape index (κ1) is 27.4. The van der Waals surface area contributed by atoms with E-state index in [2.05, 4.69) is 60.5 Å². The standard InChI is InChI=1S/C26H31N5O.2C2H6/c1-6-15(2)18-8-10-30(14-18)22-7-9-28-24-19(22)13-20(26(32)27-5)25-29-21-11-16(3)17(4)12-23(21)31(24)25;2*1-2/h7,9,11-13,15,18H,6,8,10,14H2,1-5H3,(H,27,32);2*1-2H3. The van der Waals surface area contributed by atoms with Gasteiger partial charge in [-0.15, -0.1) is 0 Å². The fraction of sp³-hybridized carbons (Fsp3) is 0.500. The smallest absolute Gasteiger partial charge is 0.254 e. The Balaban J connectivity index is 0.000000861. The summed E-state index contributed by atoms with van der Waals surface area (Å²) in [6.45, 7) is 18.9. The zero-order valence-corrected chi connectivity index (χ0v) is 23.6. The minimum atomic E-state index is -0.130. The van der Waals surface area contributed by atoms with Gasteiger partial charge >= 0.3 is 0 Å². The van der Waals surface area contributed by atoms with E-state index in [-0.39, 0.29) is 5.91 Å². The fourth-order valence-corrected chi connectivity index (χ4v) is 5.09. The van der Waals surface area contributed by atoms with E-state index in [1.165, 1.54) is 24.0 Å². The Bertz CT molecular complexity index is 1360. The summed E-state index contributed by atoms with van der Waals surface area (Å²) in [4.78, 5) is 25.0. The molecule has 2 atom stereocenters. The minimum Gasteiger partial charge on any atom is -0.371 e. The minimum absolute atomic E-state index is 0.130. The molecule has 0 spiro atoms. The van der Waals surface area contributed by atoms with Crippen LogP contribution in [0.15, 0.2) is 30.5 Å². The first-order valence-corrected chi connectivity index (χ1v) is 13.6. The highest BCUT2D eigenvalue weighted by Crippen LogP contribution is 2.36. The van der Waals surface area contributed by atoms with Crippen molar-refractivity contribution in [3.63, 3.8) is 0 Å². The maximum absolute atomic E-state index is 12.9. The van der Waals surface area contributed by atoms with E-state index in [1.807, 2.05) is 40.0 Å². The van der Waals surface area contributed by atoms with Crippen molar-refractivity contribution in [1.82, 2.24) is 19.7 Å². The number of aryl methyl sites for hydroxylation is 2. The molecule has 4 heterocycles. The molecule has 0 aliphatic carbocycles. The number of anilines is 1. The number of imidazole rings is 1. The summed E-state index contributed by atoms with van der Waals surface area (Å²) < 4.78 is 2.06. The lowest BCUT2D eigenvalue weighted by Gasteiger charge is -2.23. The maximum Gasteiger partial charge on any atom is 0.254 e. The van der Waals surface area contributed by atoms with Crippen LogP contribution in [0.1, 0.15) is 75.9 Å². The van der Waals surface area contributed by atoms with Crippen LogP contribution < -0.4 is 10.2 Å². The number of hydrogen-bond donors (Lipinski definition) is 1. The lowest BCUT2D eigenvalue weighted by atomic mass is 9.91. The Morgan fingerprint density at radius 1 is 1.11 bits per heavy atom. The third kappa shape index (κ3) is 4.78. The second-order valence-corrected chi connectivity index (χ2v) is 9.28. The van der Waals surface area contributed by atoms with Crippen LogP contribution in [-0.2, 0) is 0 Å². The molecule has 1 fully saturated rings. The summed E-state index contributed by atoms with van der Waals surface area (Å²) in [6.07, 6.45) is 4.30. The first-order valence-electron chi connectivity index (χ1n) is 13.6. The second kappa shape index (κ2) is 11.7. The Hall–Kier alpha value is -3.15. The Morgan fingerprint density at radius 2 is 1.81 bits per heavy atom. The van der Waals surface area contributed by atoms with Crippen LogP contribution >= 0.6 is 0 Å². The van der Waals surface area contributed by atoms with Crippen molar-refractivity contribution in [2.24, 2.45) is 11.8 Å². The number of nitrogens with zero attached hydrogens (tertiary/aromatic N) is 4. The van der Waals surface area contributed by atoms with Crippen molar-refractivity contribution in [2.75, 3.05) is 25.0 Å². The molecule has 4 aromatic rings. The SMILES string of the molecule is CC.CC.CCC(C)C1CCN(c2ccnc3c2cc(C(=O)NC)c2nc4cc(C)c(C)cc4n23)C1. The van der Waals surface area contributed by atoms with E-state index in [1.54, 1.807) is 7.05 Å². The van der Waals surface area contributed by atoms with Gasteiger partial charge in [0.2, 0.25) is 0 Å². The monoisotopic (exact) mass is 489 g/mol. The van der Waals surface area contributed by atoms with Gasteiger partial charge in [-0.3, -0.25) is 9.20 Å². The van der Waals surface area contributed by atoms with Crippen molar-refractivity contribution in [1.29, 1.82) is 0 Å². The van der Waals surface area contributed by atoms with Gasteiger partial charge in [0.25, 0.3) is 5.91 Å². The molecule has 6 nitrogen and oxygen atoms in total. The molecule has 6 heteroatoms. The van der Waals surface area contributed by atoms with Crippen LogP contribution in [0.5, 0.6) is 0 Å². The van der Waals surface area contributed by atoms with E-state index in [4.69, 9.17) is 9.97 Å². The van der Waals surface area contributed by atoms with Crippen LogP contribution in [0, 0.1) is 25.7 Å². The normalized spacial score (nSPS) is 15.9. The molecule has 1 amide bonds. The summed E-state index contributed by atoms with van der Waals surface area (Å²) in [6, 6.07) is 8.32. The topological polar surface area (TPSA) is 62.5 Å². The van der Waals surface area contributed by atoms with Crippen LogP contribution in [0.2, 0.25) is 0 Å². The molecule has 36 heavy (non-hydrogen) atoms. The average molecular weight is 490 g/mol. The Kier molecular flexibility index (Phi) is 8.93. The van der Waals surface area contributed by atoms with Crippen molar-refractivity contribution in [3.8, 4) is 0 Å². The molecule has 194 valence electrons. The van der Waals surface area contributed by atoms with Gasteiger partial charge in [0, 0.05) is 37.4 Å². The number of nitrogens with one attached hydrogen (secondary N) is 1. The van der Waals surface area contributed by atoms with Gasteiger partial charge in [0.05, 0.1) is 16.6 Å². The number of pyridine rings is 2. The number of rotatable bonds is 4. The van der Waals surface area contributed by atoms with Crippen molar-refractivity contribution in [3.05, 3.63) is 47.2 Å². The molecule has 1 aromatic carbocycles. The number of benzene rings is 1. The number of aromatic nitrogens is 3. The zero-order valence-electron chi connectivity index (χ0n) is 23.6. The van der Waals surface area contributed by atoms with E-state index in [0.717, 1.165) is 40.8 Å². The number of hydrogen-bond acceptors (Lipinski definition) is 4. The molecule has 1 N–H and O–H groups in total. The predicted octanol–water partition coefficient (Wildman–Crippen LogP) is 6.94. The Labute approximate surface area is 216 Å². The number of fused-ring (bicyclic) bond motifs is 5. The third-order valence-corrected chi connectivity index (χ3v) is 7.44. The lowest BCUT2D eigenvalue weighted by molar-refractivity contribution is 0.0964. The quantitative estimate of drug-likeness (QED) is 0.337. The fourth-order valence-electron chi connectivity index (χ4n) is 5.09. The van der Waals surface area contributed by atoms with Gasteiger partial charge in [-0.2, -0.15) is 0 Å². The maximum atomic E-state index is 12.9. The predicted molar refractivity (Wildman–Crippen MR) is 153 cm³/mol. The molecule has 1 aliphatic heterocycles. The highest BCUT2D eigenvalue weighted by molar-refractivity contribution is 6.07. The van der Waals surface area contributed by atoms with Gasteiger partial charge in [-0.1, -0.05) is 48.0 Å². The van der Waals surface area contributed by atoms with Crippen LogP contribution in [-0.4, -0.2) is 40.4 Å². The van der Waals surface area contributed by atoms with E-state index < -0.39 is 0 Å². The molecule has 2 unspecified atom stereocenters. The highest BCUT2D eigenvalue weighted by atomic mass is 16.1. The van der Waals surface area contributed by atoms with E-state index in [0.29, 0.717) is 23.0 Å². The number of carbonyl (C=O) groups excluding carboxylic acids is 1. The molecule has 1 saturated heterocycles. The third-order valence-electron chi connectivity index (χ3n) is 7.44. The molecule has 1 aliphatic rings. The Morgan fingerprint density at radius 3 is 2.47 bits per heavy atom. The molecule has 5 rings (SSSR count). The van der Waals surface area contributed by atoms with Crippen LogP contribution in [0.4, 0.5) is 5.69 Å². The number of amides is 1. The van der Waals surface area contributed by atoms with Gasteiger partial charge < -0.3 is 10.2 Å². The lowest BCUT2D eigenvalue weighted by Crippen LogP contribution is -2.23. The summed E-state index contributed by atoms with van der Waals surface area (Å²) in [5.41, 5.74) is 7.50. The molecule has 0 bridgehead atoms. The highest BCUT2D eigenvalue weighted by Gasteiger charge is 2.28. The molecular weight excluding hydrogens is 446 g/mol. The molecule has 0 radical (unpaired) electrons. The van der Waals surface area contributed by atoms with Crippen molar-refractivity contribution in [2.45, 2.75) is 68.2 Å². The van der Waals surface area contributed by atoms with Crippen LogP contribution in [0.3, 0.4) is 0 Å². The molecule has 3 aromatic heterocycles. The van der Waals surface area contributed by atoms with Crippen molar-refractivity contribution < 1.29 is 4.79 Å². The largest absolute Gasteiger partial charge is 0.371 e.